The summed E-state index contributed by atoms with van der Waals surface area (Å²) in [5.41, 5.74) is 0.696. The fourth-order valence-corrected chi connectivity index (χ4v) is 5.92. The number of anilines is 1. The lowest BCUT2D eigenvalue weighted by Gasteiger charge is -2.45. The van der Waals surface area contributed by atoms with E-state index in [2.05, 4.69) is 41.0 Å². The molecular formula is C25H36FN5OS. The fraction of sp³-hybridized carbons (Fsp3) is 0.640. The first-order valence-corrected chi connectivity index (χ1v) is 12.9. The van der Waals surface area contributed by atoms with Crippen molar-refractivity contribution in [2.75, 3.05) is 31.5 Å². The number of halogens is 1. The van der Waals surface area contributed by atoms with E-state index in [1.807, 2.05) is 11.8 Å². The number of rotatable bonds is 5. The Balaban J connectivity index is 1.30. The van der Waals surface area contributed by atoms with Crippen molar-refractivity contribution in [2.24, 2.45) is 11.3 Å². The average Bonchev–Trinajstić information content (AvgIpc) is 3.27. The fourth-order valence-electron chi connectivity index (χ4n) is 5.04. The maximum Gasteiger partial charge on any atom is 0.265 e. The zero-order valence-corrected chi connectivity index (χ0v) is 21.0. The van der Waals surface area contributed by atoms with Gasteiger partial charge in [0, 0.05) is 31.9 Å². The van der Waals surface area contributed by atoms with E-state index in [9.17, 15) is 9.18 Å². The van der Waals surface area contributed by atoms with Crippen molar-refractivity contribution in [1.82, 2.24) is 19.8 Å². The first kappa shape index (κ1) is 24.1. The molecule has 33 heavy (non-hydrogen) atoms. The molecule has 2 aliphatic heterocycles. The van der Waals surface area contributed by atoms with Crippen LogP contribution in [0.4, 0.5) is 9.52 Å². The molecule has 1 unspecified atom stereocenters. The normalized spacial score (nSPS) is 21.7. The lowest BCUT2D eigenvalue weighted by molar-refractivity contribution is 0.0361. The number of nitrogens with one attached hydrogen (secondary N) is 1. The number of nitrogens with zero attached hydrogens (tertiary/aromatic N) is 4. The second-order valence-electron chi connectivity index (χ2n) is 10.5. The number of thiazole rings is 1. The van der Waals surface area contributed by atoms with Gasteiger partial charge in [0.25, 0.3) is 5.91 Å². The highest BCUT2D eigenvalue weighted by molar-refractivity contribution is 7.17. The number of amides is 1. The third kappa shape index (κ3) is 5.72. The molecular weight excluding hydrogens is 437 g/mol. The van der Waals surface area contributed by atoms with Gasteiger partial charge in [-0.05, 0) is 62.6 Å². The lowest BCUT2D eigenvalue weighted by atomic mass is 9.76. The maximum absolute atomic E-state index is 14.0. The highest BCUT2D eigenvalue weighted by Crippen LogP contribution is 2.35. The Bertz CT molecular complexity index is 950. The Morgan fingerprint density at radius 2 is 1.97 bits per heavy atom. The summed E-state index contributed by atoms with van der Waals surface area (Å²) in [6.45, 7) is 12.8. The van der Waals surface area contributed by atoms with Gasteiger partial charge in [0.05, 0.1) is 17.9 Å². The molecule has 2 aliphatic rings. The molecule has 2 aromatic rings. The van der Waals surface area contributed by atoms with E-state index in [1.165, 1.54) is 43.3 Å². The molecule has 0 bridgehead atoms. The lowest BCUT2D eigenvalue weighted by Crippen LogP contribution is -2.51. The van der Waals surface area contributed by atoms with E-state index in [-0.39, 0.29) is 17.8 Å². The van der Waals surface area contributed by atoms with Crippen molar-refractivity contribution < 1.29 is 9.18 Å². The molecule has 0 radical (unpaired) electrons. The minimum absolute atomic E-state index is 0.0434. The van der Waals surface area contributed by atoms with Crippen molar-refractivity contribution in [3.8, 4) is 0 Å². The summed E-state index contributed by atoms with van der Waals surface area (Å²) < 4.78 is 14.0. The predicted molar refractivity (Wildman–Crippen MR) is 131 cm³/mol. The van der Waals surface area contributed by atoms with Crippen LogP contribution < -0.4 is 5.32 Å². The SMILES string of the molecule is C[C@H](Nc1ncc(C(=O)N2CCC(N3CCCC(C(C)(C)C)C3)CC2)s1)c1ncccc1F. The van der Waals surface area contributed by atoms with Gasteiger partial charge < -0.3 is 10.2 Å². The Labute approximate surface area is 200 Å². The summed E-state index contributed by atoms with van der Waals surface area (Å²) in [7, 11) is 0. The van der Waals surface area contributed by atoms with Crippen LogP contribution in [0, 0.1) is 17.2 Å². The molecule has 2 aromatic heterocycles. The highest BCUT2D eigenvalue weighted by Gasteiger charge is 2.34. The molecule has 1 amide bonds. The van der Waals surface area contributed by atoms with Crippen molar-refractivity contribution in [3.05, 3.63) is 40.9 Å². The molecule has 2 saturated heterocycles. The predicted octanol–water partition coefficient (Wildman–Crippen LogP) is 5.21. The van der Waals surface area contributed by atoms with Crippen LogP contribution in [0.25, 0.3) is 0 Å². The van der Waals surface area contributed by atoms with Crippen LogP contribution in [0.1, 0.15) is 74.8 Å². The van der Waals surface area contributed by atoms with Crippen LogP contribution in [0.15, 0.2) is 24.5 Å². The number of pyridine rings is 1. The van der Waals surface area contributed by atoms with Crippen LogP contribution in [0.5, 0.6) is 0 Å². The zero-order valence-electron chi connectivity index (χ0n) is 20.2. The zero-order chi connectivity index (χ0) is 23.6. The molecule has 0 spiro atoms. The monoisotopic (exact) mass is 473 g/mol. The first-order valence-electron chi connectivity index (χ1n) is 12.1. The third-order valence-corrected chi connectivity index (χ3v) is 8.12. The number of carbonyl (C=O) groups is 1. The molecule has 2 atom stereocenters. The van der Waals surface area contributed by atoms with E-state index < -0.39 is 0 Å². The smallest absolute Gasteiger partial charge is 0.265 e. The minimum atomic E-state index is -0.351. The second kappa shape index (κ2) is 10.1. The topological polar surface area (TPSA) is 61.4 Å². The average molecular weight is 474 g/mol. The van der Waals surface area contributed by atoms with Crippen molar-refractivity contribution in [3.63, 3.8) is 0 Å². The van der Waals surface area contributed by atoms with Crippen LogP contribution in [0.2, 0.25) is 0 Å². The molecule has 0 aromatic carbocycles. The first-order chi connectivity index (χ1) is 15.7. The minimum Gasteiger partial charge on any atom is -0.353 e. The molecule has 4 rings (SSSR count). The standard InChI is InChI=1S/C25H36FN5OS/c1-17(22-20(26)8-5-11-27-22)29-24-28-15-21(33-24)23(32)30-13-9-19(10-14-30)31-12-6-7-18(16-31)25(2,3)4/h5,8,11,15,17-19H,6-7,9-10,12-14,16H2,1-4H3,(H,28,29)/t17-,18?/m0/s1. The molecule has 6 nitrogen and oxygen atoms in total. The molecule has 4 heterocycles. The molecule has 1 N–H and O–H groups in total. The van der Waals surface area contributed by atoms with Gasteiger partial charge in [-0.3, -0.25) is 14.7 Å². The quantitative estimate of drug-likeness (QED) is 0.646. The molecule has 0 saturated carbocycles. The van der Waals surface area contributed by atoms with Crippen molar-refractivity contribution in [2.45, 2.75) is 65.5 Å². The van der Waals surface area contributed by atoms with Crippen molar-refractivity contribution >= 4 is 22.4 Å². The van der Waals surface area contributed by atoms with E-state index >= 15 is 0 Å². The van der Waals surface area contributed by atoms with Crippen LogP contribution in [-0.4, -0.2) is 57.9 Å². The van der Waals surface area contributed by atoms with Gasteiger partial charge in [-0.1, -0.05) is 32.1 Å². The molecule has 0 aliphatic carbocycles. The summed E-state index contributed by atoms with van der Waals surface area (Å²) in [5, 5.41) is 3.77. The van der Waals surface area contributed by atoms with E-state index in [0.29, 0.717) is 27.2 Å². The van der Waals surface area contributed by atoms with Gasteiger partial charge in [0.15, 0.2) is 5.13 Å². The van der Waals surface area contributed by atoms with Gasteiger partial charge in [0.2, 0.25) is 0 Å². The Morgan fingerprint density at radius 1 is 1.21 bits per heavy atom. The van der Waals surface area contributed by atoms with Crippen LogP contribution >= 0.6 is 11.3 Å². The number of carbonyl (C=O) groups excluding carboxylic acids is 1. The number of hydrogen-bond acceptors (Lipinski definition) is 6. The molecule has 8 heteroatoms. The summed E-state index contributed by atoms with van der Waals surface area (Å²) in [6, 6.07) is 3.21. The van der Waals surface area contributed by atoms with E-state index in [1.54, 1.807) is 18.5 Å². The summed E-state index contributed by atoms with van der Waals surface area (Å²) in [5.74, 6) is 0.439. The number of likely N-dealkylation sites (tertiary alicyclic amines) is 2. The number of aromatic nitrogens is 2. The second-order valence-corrected chi connectivity index (χ2v) is 11.5. The number of hydrogen-bond donors (Lipinski definition) is 1. The van der Waals surface area contributed by atoms with Crippen LogP contribution in [-0.2, 0) is 0 Å². The Morgan fingerprint density at radius 3 is 2.67 bits per heavy atom. The largest absolute Gasteiger partial charge is 0.353 e. The number of piperidine rings is 2. The Hall–Kier alpha value is -2.06. The summed E-state index contributed by atoms with van der Waals surface area (Å²) in [6.07, 6.45) is 7.86. The van der Waals surface area contributed by atoms with Gasteiger partial charge in [-0.2, -0.15) is 0 Å². The van der Waals surface area contributed by atoms with Gasteiger partial charge in [-0.25, -0.2) is 9.37 Å². The summed E-state index contributed by atoms with van der Waals surface area (Å²) in [4.78, 5) is 26.8. The van der Waals surface area contributed by atoms with Crippen molar-refractivity contribution in [1.29, 1.82) is 0 Å². The van der Waals surface area contributed by atoms with Gasteiger partial charge in [0.1, 0.15) is 10.7 Å². The van der Waals surface area contributed by atoms with Crippen LogP contribution in [0.3, 0.4) is 0 Å². The maximum atomic E-state index is 14.0. The van der Waals surface area contributed by atoms with E-state index in [4.69, 9.17) is 0 Å². The molecule has 2 fully saturated rings. The third-order valence-electron chi connectivity index (χ3n) is 7.20. The van der Waals surface area contributed by atoms with Gasteiger partial charge in [-0.15, -0.1) is 0 Å². The van der Waals surface area contributed by atoms with Gasteiger partial charge >= 0.3 is 0 Å². The molecule has 180 valence electrons. The highest BCUT2D eigenvalue weighted by atomic mass is 32.1. The summed E-state index contributed by atoms with van der Waals surface area (Å²) >= 11 is 1.32. The Kier molecular flexibility index (Phi) is 7.34. The van der Waals surface area contributed by atoms with E-state index in [0.717, 1.165) is 31.8 Å².